The Bertz CT molecular complexity index is 374. The lowest BCUT2D eigenvalue weighted by Crippen LogP contribution is -2.06. The normalized spacial score (nSPS) is 13.7. The summed E-state index contributed by atoms with van der Waals surface area (Å²) in [6.07, 6.45) is 0.859. The van der Waals surface area contributed by atoms with Gasteiger partial charge in [-0.25, -0.2) is 4.79 Å². The van der Waals surface area contributed by atoms with Gasteiger partial charge in [-0.15, -0.1) is 0 Å². The molecule has 1 aromatic carbocycles. The first-order chi connectivity index (χ1) is 7.31. The number of carbonyl (C=O) groups excluding carboxylic acids is 1. The van der Waals surface area contributed by atoms with E-state index in [1.165, 1.54) is 11.1 Å². The molecular formula is C12H15NO2. The Balaban J connectivity index is 2.12. The minimum absolute atomic E-state index is 0.216. The van der Waals surface area contributed by atoms with Crippen molar-refractivity contribution in [3.05, 3.63) is 34.9 Å². The number of fused-ring (bicyclic) bond motifs is 1. The van der Waals surface area contributed by atoms with Crippen LogP contribution in [-0.4, -0.2) is 12.6 Å². The minimum atomic E-state index is -0.216. The van der Waals surface area contributed by atoms with Crippen LogP contribution in [0.25, 0.3) is 0 Å². The molecule has 0 bridgehead atoms. The van der Waals surface area contributed by atoms with Crippen LogP contribution in [-0.2, 0) is 17.8 Å². The van der Waals surface area contributed by atoms with Crippen molar-refractivity contribution in [2.24, 2.45) is 0 Å². The molecule has 0 radical (unpaired) electrons. The SMILES string of the molecule is CCCOC(=O)c1ccc2c(c1)CNC2. The second-order valence-corrected chi connectivity index (χ2v) is 3.72. The second-order valence-electron chi connectivity index (χ2n) is 3.72. The van der Waals surface area contributed by atoms with Crippen molar-refractivity contribution in [3.63, 3.8) is 0 Å². The summed E-state index contributed by atoms with van der Waals surface area (Å²) in [4.78, 5) is 11.6. The van der Waals surface area contributed by atoms with Gasteiger partial charge < -0.3 is 10.1 Å². The molecule has 0 amide bonds. The molecule has 1 heterocycles. The fourth-order valence-corrected chi connectivity index (χ4v) is 1.70. The average molecular weight is 205 g/mol. The zero-order valence-electron chi connectivity index (χ0n) is 8.88. The van der Waals surface area contributed by atoms with Crippen molar-refractivity contribution in [3.8, 4) is 0 Å². The number of esters is 1. The number of rotatable bonds is 3. The van der Waals surface area contributed by atoms with E-state index < -0.39 is 0 Å². The maximum absolute atomic E-state index is 11.6. The zero-order chi connectivity index (χ0) is 10.7. The number of ether oxygens (including phenoxy) is 1. The van der Waals surface area contributed by atoms with Gasteiger partial charge in [0.1, 0.15) is 0 Å². The van der Waals surface area contributed by atoms with Gasteiger partial charge in [0.15, 0.2) is 0 Å². The highest BCUT2D eigenvalue weighted by Gasteiger charge is 2.13. The lowest BCUT2D eigenvalue weighted by atomic mass is 10.1. The predicted octanol–water partition coefficient (Wildman–Crippen LogP) is 1.86. The number of nitrogens with one attached hydrogen (secondary N) is 1. The van der Waals surface area contributed by atoms with Crippen LogP contribution in [0.5, 0.6) is 0 Å². The number of benzene rings is 1. The van der Waals surface area contributed by atoms with E-state index in [0.29, 0.717) is 12.2 Å². The molecule has 0 saturated heterocycles. The van der Waals surface area contributed by atoms with E-state index in [1.54, 1.807) is 0 Å². The van der Waals surface area contributed by atoms with Gasteiger partial charge in [-0.2, -0.15) is 0 Å². The smallest absolute Gasteiger partial charge is 0.338 e. The molecule has 0 aliphatic carbocycles. The van der Waals surface area contributed by atoms with Crippen LogP contribution in [0, 0.1) is 0 Å². The van der Waals surface area contributed by atoms with Crippen molar-refractivity contribution >= 4 is 5.97 Å². The van der Waals surface area contributed by atoms with E-state index >= 15 is 0 Å². The van der Waals surface area contributed by atoms with Crippen molar-refractivity contribution in [1.82, 2.24) is 5.32 Å². The Morgan fingerprint density at radius 2 is 2.20 bits per heavy atom. The monoisotopic (exact) mass is 205 g/mol. The first-order valence-corrected chi connectivity index (χ1v) is 5.31. The van der Waals surface area contributed by atoms with Crippen LogP contribution < -0.4 is 5.32 Å². The molecular weight excluding hydrogens is 190 g/mol. The molecule has 0 fully saturated rings. The molecule has 0 spiro atoms. The number of hydrogen-bond donors (Lipinski definition) is 1. The fourth-order valence-electron chi connectivity index (χ4n) is 1.70. The Morgan fingerprint density at radius 3 is 3.00 bits per heavy atom. The van der Waals surface area contributed by atoms with Gasteiger partial charge in [0.25, 0.3) is 0 Å². The topological polar surface area (TPSA) is 38.3 Å². The van der Waals surface area contributed by atoms with Crippen molar-refractivity contribution in [2.75, 3.05) is 6.61 Å². The molecule has 1 N–H and O–H groups in total. The van der Waals surface area contributed by atoms with Crippen LogP contribution in [0.4, 0.5) is 0 Å². The van der Waals surface area contributed by atoms with Crippen molar-refractivity contribution in [1.29, 1.82) is 0 Å². The van der Waals surface area contributed by atoms with Gasteiger partial charge in [0, 0.05) is 13.1 Å². The van der Waals surface area contributed by atoms with E-state index in [9.17, 15) is 4.79 Å². The molecule has 3 nitrogen and oxygen atoms in total. The van der Waals surface area contributed by atoms with Crippen LogP contribution in [0.2, 0.25) is 0 Å². The van der Waals surface area contributed by atoms with Gasteiger partial charge >= 0.3 is 5.97 Å². The zero-order valence-corrected chi connectivity index (χ0v) is 8.88. The Morgan fingerprint density at radius 1 is 1.40 bits per heavy atom. The molecule has 3 heteroatoms. The minimum Gasteiger partial charge on any atom is -0.462 e. The van der Waals surface area contributed by atoms with Gasteiger partial charge in [-0.1, -0.05) is 13.0 Å². The maximum atomic E-state index is 11.6. The lowest BCUT2D eigenvalue weighted by molar-refractivity contribution is 0.0505. The lowest BCUT2D eigenvalue weighted by Gasteiger charge is -2.04. The first-order valence-electron chi connectivity index (χ1n) is 5.31. The Kier molecular flexibility index (Phi) is 3.02. The molecule has 80 valence electrons. The Labute approximate surface area is 89.4 Å². The Hall–Kier alpha value is -1.35. The summed E-state index contributed by atoms with van der Waals surface area (Å²) >= 11 is 0. The average Bonchev–Trinajstić information content (AvgIpc) is 2.72. The highest BCUT2D eigenvalue weighted by Crippen LogP contribution is 2.17. The summed E-state index contributed by atoms with van der Waals surface area (Å²) in [5.41, 5.74) is 3.15. The third-order valence-electron chi connectivity index (χ3n) is 2.51. The summed E-state index contributed by atoms with van der Waals surface area (Å²) in [7, 11) is 0. The first kappa shape index (κ1) is 10.2. The van der Waals surface area contributed by atoms with Gasteiger partial charge in [0.2, 0.25) is 0 Å². The summed E-state index contributed by atoms with van der Waals surface area (Å²) in [6, 6.07) is 5.76. The number of carbonyl (C=O) groups is 1. The summed E-state index contributed by atoms with van der Waals surface area (Å²) in [6.45, 7) is 4.23. The fraction of sp³-hybridized carbons (Fsp3) is 0.417. The van der Waals surface area contributed by atoms with E-state index in [-0.39, 0.29) is 5.97 Å². The van der Waals surface area contributed by atoms with Crippen molar-refractivity contribution in [2.45, 2.75) is 26.4 Å². The largest absolute Gasteiger partial charge is 0.462 e. The molecule has 2 rings (SSSR count). The summed E-state index contributed by atoms with van der Waals surface area (Å²) in [5, 5.41) is 3.24. The highest BCUT2D eigenvalue weighted by atomic mass is 16.5. The van der Waals surface area contributed by atoms with Crippen LogP contribution >= 0.6 is 0 Å². The van der Waals surface area contributed by atoms with E-state index in [1.807, 2.05) is 25.1 Å². The molecule has 0 atom stereocenters. The summed E-state index contributed by atoms with van der Waals surface area (Å²) in [5.74, 6) is -0.216. The second kappa shape index (κ2) is 4.45. The molecule has 15 heavy (non-hydrogen) atoms. The molecule has 1 aromatic rings. The third kappa shape index (κ3) is 2.18. The molecule has 0 saturated carbocycles. The predicted molar refractivity (Wildman–Crippen MR) is 57.6 cm³/mol. The molecule has 1 aliphatic rings. The van der Waals surface area contributed by atoms with Gasteiger partial charge in [-0.3, -0.25) is 0 Å². The quantitative estimate of drug-likeness (QED) is 0.765. The maximum Gasteiger partial charge on any atom is 0.338 e. The van der Waals surface area contributed by atoms with Crippen LogP contribution in [0.15, 0.2) is 18.2 Å². The van der Waals surface area contributed by atoms with E-state index in [0.717, 1.165) is 19.5 Å². The molecule has 0 unspecified atom stereocenters. The number of hydrogen-bond acceptors (Lipinski definition) is 3. The highest BCUT2D eigenvalue weighted by molar-refractivity contribution is 5.89. The van der Waals surface area contributed by atoms with E-state index in [4.69, 9.17) is 4.74 Å². The van der Waals surface area contributed by atoms with Crippen molar-refractivity contribution < 1.29 is 9.53 Å². The van der Waals surface area contributed by atoms with Gasteiger partial charge in [-0.05, 0) is 29.7 Å². The summed E-state index contributed by atoms with van der Waals surface area (Å²) < 4.78 is 5.08. The van der Waals surface area contributed by atoms with Crippen LogP contribution in [0.3, 0.4) is 0 Å². The van der Waals surface area contributed by atoms with Gasteiger partial charge in [0.05, 0.1) is 12.2 Å². The third-order valence-corrected chi connectivity index (χ3v) is 2.51. The van der Waals surface area contributed by atoms with E-state index in [2.05, 4.69) is 5.32 Å². The van der Waals surface area contributed by atoms with Crippen LogP contribution in [0.1, 0.15) is 34.8 Å². The molecule has 1 aliphatic heterocycles. The molecule has 0 aromatic heterocycles. The standard InChI is InChI=1S/C12H15NO2/c1-2-5-15-12(14)9-3-4-10-7-13-8-11(10)6-9/h3-4,6,13H,2,5,7-8H2,1H3.